The second-order valence-electron chi connectivity index (χ2n) is 4.22. The van der Waals surface area contributed by atoms with Gasteiger partial charge in [0.15, 0.2) is 11.5 Å². The molecule has 22 heavy (non-hydrogen) atoms. The number of ether oxygens (including phenoxy) is 2. The molecule has 0 fully saturated rings. The van der Waals surface area contributed by atoms with Crippen molar-refractivity contribution in [1.29, 1.82) is 0 Å². The summed E-state index contributed by atoms with van der Waals surface area (Å²) in [6.45, 7) is 2.45. The van der Waals surface area contributed by atoms with Gasteiger partial charge in [-0.1, -0.05) is 6.07 Å². The van der Waals surface area contributed by atoms with Gasteiger partial charge in [-0.25, -0.2) is 21.5 Å². The van der Waals surface area contributed by atoms with Crippen molar-refractivity contribution in [3.63, 3.8) is 0 Å². The van der Waals surface area contributed by atoms with E-state index in [1.54, 1.807) is 36.6 Å². The number of nitrogens with one attached hydrogen (secondary N) is 1. The highest BCUT2D eigenvalue weighted by molar-refractivity contribution is 5.92. The smallest absolute Gasteiger partial charge is 0.350 e. The summed E-state index contributed by atoms with van der Waals surface area (Å²) in [7, 11) is 0. The van der Waals surface area contributed by atoms with Crippen LogP contribution in [0.4, 0.5) is 10.5 Å². The van der Waals surface area contributed by atoms with E-state index in [1.807, 2.05) is 12.3 Å². The van der Waals surface area contributed by atoms with E-state index in [1.165, 1.54) is 0 Å². The number of amides is 2. The lowest BCUT2D eigenvalue weighted by Crippen LogP contribution is -2.47. The van der Waals surface area contributed by atoms with Gasteiger partial charge in [0.1, 0.15) is 18.1 Å². The van der Waals surface area contributed by atoms with Crippen LogP contribution in [0.2, 0.25) is 0 Å². The van der Waals surface area contributed by atoms with Crippen LogP contribution in [-0.2, 0) is 6.61 Å². The fourth-order valence-corrected chi connectivity index (χ4v) is 1.83. The average molecular weight is 306 g/mol. The minimum absolute atomic E-state index is 0.169. The van der Waals surface area contributed by atoms with E-state index in [-0.39, 0.29) is 6.61 Å². The number of carbonyl (C=O) groups excluding carboxylic acids is 1. The molecule has 0 unspecified atom stereocenters. The number of para-hydroxylation sites is 1. The Balaban J connectivity index is 2.31. The van der Waals surface area contributed by atoms with E-state index in [4.69, 9.17) is 25.6 Å². The fraction of sp³-hybridized carbons (Fsp3) is 0.214. The SMILES string of the molecule is CCOc1cccc(N(N)C(=O)NN)c1OCc1ccco1. The van der Waals surface area contributed by atoms with Crippen molar-refractivity contribution < 1.29 is 18.7 Å². The van der Waals surface area contributed by atoms with Crippen LogP contribution in [0.3, 0.4) is 0 Å². The van der Waals surface area contributed by atoms with Crippen molar-refractivity contribution in [2.75, 3.05) is 11.6 Å². The Morgan fingerprint density at radius 1 is 1.32 bits per heavy atom. The Labute approximate surface area is 127 Å². The molecule has 1 aromatic heterocycles. The third-order valence-corrected chi connectivity index (χ3v) is 2.80. The minimum atomic E-state index is -0.684. The fourth-order valence-electron chi connectivity index (χ4n) is 1.83. The number of carbonyl (C=O) groups is 1. The summed E-state index contributed by atoms with van der Waals surface area (Å²) >= 11 is 0. The van der Waals surface area contributed by atoms with Gasteiger partial charge in [-0.05, 0) is 31.2 Å². The Morgan fingerprint density at radius 2 is 2.14 bits per heavy atom. The summed E-state index contributed by atoms with van der Waals surface area (Å²) < 4.78 is 16.4. The molecule has 0 radical (unpaired) electrons. The first-order valence-electron chi connectivity index (χ1n) is 6.63. The molecule has 8 heteroatoms. The van der Waals surface area contributed by atoms with Gasteiger partial charge in [0.05, 0.1) is 12.9 Å². The van der Waals surface area contributed by atoms with Crippen LogP contribution in [0.5, 0.6) is 11.5 Å². The Morgan fingerprint density at radius 3 is 2.77 bits per heavy atom. The van der Waals surface area contributed by atoms with Crippen LogP contribution in [0.15, 0.2) is 41.0 Å². The first-order chi connectivity index (χ1) is 10.7. The highest BCUT2D eigenvalue weighted by Crippen LogP contribution is 2.37. The van der Waals surface area contributed by atoms with E-state index in [0.29, 0.717) is 29.6 Å². The molecule has 0 aliphatic heterocycles. The summed E-state index contributed by atoms with van der Waals surface area (Å²) in [4.78, 5) is 11.6. The lowest BCUT2D eigenvalue weighted by atomic mass is 10.2. The van der Waals surface area contributed by atoms with Crippen LogP contribution in [0.1, 0.15) is 12.7 Å². The molecule has 8 nitrogen and oxygen atoms in total. The monoisotopic (exact) mass is 306 g/mol. The number of furan rings is 1. The number of urea groups is 1. The summed E-state index contributed by atoms with van der Waals surface area (Å²) in [5.41, 5.74) is 2.28. The van der Waals surface area contributed by atoms with E-state index in [0.717, 1.165) is 5.01 Å². The van der Waals surface area contributed by atoms with Crippen LogP contribution in [0.25, 0.3) is 0 Å². The molecule has 0 aliphatic rings. The molecule has 0 atom stereocenters. The van der Waals surface area contributed by atoms with Crippen LogP contribution in [-0.4, -0.2) is 12.6 Å². The van der Waals surface area contributed by atoms with Crippen LogP contribution >= 0.6 is 0 Å². The first-order valence-corrected chi connectivity index (χ1v) is 6.63. The van der Waals surface area contributed by atoms with Gasteiger partial charge in [-0.3, -0.25) is 5.43 Å². The highest BCUT2D eigenvalue weighted by Gasteiger charge is 2.19. The zero-order chi connectivity index (χ0) is 15.9. The first kappa shape index (κ1) is 15.7. The molecule has 5 N–H and O–H groups in total. The maximum absolute atomic E-state index is 11.6. The van der Waals surface area contributed by atoms with Crippen molar-refractivity contribution >= 4 is 11.7 Å². The molecule has 0 saturated heterocycles. The maximum Gasteiger partial charge on any atom is 0.350 e. The molecule has 118 valence electrons. The number of hydrogen-bond donors (Lipinski definition) is 3. The molecule has 2 amide bonds. The van der Waals surface area contributed by atoms with Gasteiger partial charge in [0, 0.05) is 0 Å². The lowest BCUT2D eigenvalue weighted by molar-refractivity contribution is 0.241. The van der Waals surface area contributed by atoms with Gasteiger partial charge >= 0.3 is 6.03 Å². The summed E-state index contributed by atoms with van der Waals surface area (Å²) in [5.74, 6) is 12.3. The molecular weight excluding hydrogens is 288 g/mol. The number of nitrogens with two attached hydrogens (primary N) is 2. The quantitative estimate of drug-likeness (QED) is 0.423. The van der Waals surface area contributed by atoms with Crippen molar-refractivity contribution in [3.8, 4) is 11.5 Å². The largest absolute Gasteiger partial charge is 0.490 e. The molecule has 0 saturated carbocycles. The zero-order valence-electron chi connectivity index (χ0n) is 12.1. The lowest BCUT2D eigenvalue weighted by Gasteiger charge is -2.21. The maximum atomic E-state index is 11.6. The molecule has 0 spiro atoms. The van der Waals surface area contributed by atoms with Crippen molar-refractivity contribution in [2.45, 2.75) is 13.5 Å². The molecule has 2 rings (SSSR count). The Bertz CT molecular complexity index is 615. The molecule has 0 bridgehead atoms. The molecular formula is C14H18N4O4. The molecule has 0 aliphatic carbocycles. The number of rotatable bonds is 6. The van der Waals surface area contributed by atoms with Gasteiger partial charge in [-0.2, -0.15) is 0 Å². The summed E-state index contributed by atoms with van der Waals surface area (Å²) in [5, 5.41) is 0.847. The predicted molar refractivity (Wildman–Crippen MR) is 80.0 cm³/mol. The van der Waals surface area contributed by atoms with Gasteiger partial charge < -0.3 is 13.9 Å². The Hall–Kier alpha value is -2.71. The second kappa shape index (κ2) is 7.34. The second-order valence-corrected chi connectivity index (χ2v) is 4.22. The third-order valence-electron chi connectivity index (χ3n) is 2.80. The summed E-state index contributed by atoms with van der Waals surface area (Å²) in [6.07, 6.45) is 1.55. The standard InChI is InChI=1S/C14H18N4O4/c1-2-20-12-7-3-6-11(18(16)14(19)17-15)13(12)22-9-10-5-4-8-21-10/h3-8H,2,9,15-16H2,1H3,(H,17,19). The number of hydrogen-bond acceptors (Lipinski definition) is 6. The zero-order valence-corrected chi connectivity index (χ0v) is 12.1. The topological polar surface area (TPSA) is 116 Å². The van der Waals surface area contributed by atoms with E-state index in [2.05, 4.69) is 0 Å². The third kappa shape index (κ3) is 3.48. The van der Waals surface area contributed by atoms with Crippen molar-refractivity contribution in [1.82, 2.24) is 5.43 Å². The van der Waals surface area contributed by atoms with Gasteiger partial charge in [0.25, 0.3) is 0 Å². The number of nitrogens with zero attached hydrogens (tertiary/aromatic N) is 1. The molecule has 2 aromatic rings. The number of hydrazine groups is 2. The molecule has 1 aromatic carbocycles. The van der Waals surface area contributed by atoms with Crippen molar-refractivity contribution in [2.24, 2.45) is 11.7 Å². The van der Waals surface area contributed by atoms with Crippen molar-refractivity contribution in [3.05, 3.63) is 42.4 Å². The molecule has 1 heterocycles. The van der Waals surface area contributed by atoms with Crippen LogP contribution < -0.4 is 31.6 Å². The highest BCUT2D eigenvalue weighted by atomic mass is 16.5. The van der Waals surface area contributed by atoms with Gasteiger partial charge in [0.2, 0.25) is 0 Å². The summed E-state index contributed by atoms with van der Waals surface area (Å²) in [6, 6.07) is 7.88. The van der Waals surface area contributed by atoms with E-state index < -0.39 is 6.03 Å². The average Bonchev–Trinajstić information content (AvgIpc) is 3.05. The number of benzene rings is 1. The van der Waals surface area contributed by atoms with E-state index in [9.17, 15) is 4.79 Å². The predicted octanol–water partition coefficient (Wildman–Crippen LogP) is 1.52. The van der Waals surface area contributed by atoms with Gasteiger partial charge in [-0.15, -0.1) is 0 Å². The Kier molecular flexibility index (Phi) is 5.23. The number of anilines is 1. The minimum Gasteiger partial charge on any atom is -0.490 e. The van der Waals surface area contributed by atoms with Crippen LogP contribution in [0, 0.1) is 0 Å². The normalized spacial score (nSPS) is 10.1. The van der Waals surface area contributed by atoms with E-state index >= 15 is 0 Å².